The van der Waals surface area contributed by atoms with E-state index >= 15 is 0 Å². The second-order valence-corrected chi connectivity index (χ2v) is 8.04. The third-order valence-electron chi connectivity index (χ3n) is 5.79. The zero-order valence-electron chi connectivity index (χ0n) is 19.2. The molecule has 0 aliphatic heterocycles. The van der Waals surface area contributed by atoms with E-state index in [0.717, 1.165) is 16.7 Å². The average molecular weight is 447 g/mol. The van der Waals surface area contributed by atoms with Gasteiger partial charge in [0.25, 0.3) is 0 Å². The van der Waals surface area contributed by atoms with Crippen molar-refractivity contribution >= 4 is 11.8 Å². The molecule has 0 aliphatic carbocycles. The Morgan fingerprint density at radius 3 is 1.88 bits per heavy atom. The Bertz CT molecular complexity index is 983. The lowest BCUT2D eigenvalue weighted by Gasteiger charge is -2.32. The van der Waals surface area contributed by atoms with Crippen molar-refractivity contribution in [3.05, 3.63) is 107 Å². The summed E-state index contributed by atoms with van der Waals surface area (Å²) < 4.78 is 13.4. The molecule has 33 heavy (non-hydrogen) atoms. The fourth-order valence-corrected chi connectivity index (χ4v) is 4.09. The molecule has 0 spiro atoms. The van der Waals surface area contributed by atoms with Gasteiger partial charge < -0.3 is 10.2 Å². The van der Waals surface area contributed by atoms with E-state index in [2.05, 4.69) is 5.32 Å². The zero-order valence-corrected chi connectivity index (χ0v) is 19.2. The van der Waals surface area contributed by atoms with E-state index in [1.165, 1.54) is 12.1 Å². The lowest BCUT2D eigenvalue weighted by atomic mass is 9.88. The Labute approximate surface area is 195 Å². The number of hydrogen-bond donors (Lipinski definition) is 1. The normalized spacial score (nSPS) is 11.8. The first-order valence-electron chi connectivity index (χ1n) is 11.4. The summed E-state index contributed by atoms with van der Waals surface area (Å²) in [5.41, 5.74) is 2.87. The number of nitrogens with one attached hydrogen (secondary N) is 1. The Morgan fingerprint density at radius 2 is 1.39 bits per heavy atom. The molecule has 3 aromatic carbocycles. The minimum atomic E-state index is -0.602. The topological polar surface area (TPSA) is 49.4 Å². The summed E-state index contributed by atoms with van der Waals surface area (Å²) in [6.07, 6.45) is 0.714. The molecular weight excluding hydrogens is 415 g/mol. The van der Waals surface area contributed by atoms with Crippen molar-refractivity contribution in [1.82, 2.24) is 10.2 Å². The van der Waals surface area contributed by atoms with Gasteiger partial charge in [0.2, 0.25) is 11.8 Å². The number of carbonyl (C=O) groups is 2. The predicted octanol–water partition coefficient (Wildman–Crippen LogP) is 5.29. The molecule has 0 unspecified atom stereocenters. The molecule has 0 radical (unpaired) electrons. The van der Waals surface area contributed by atoms with Crippen molar-refractivity contribution < 1.29 is 14.0 Å². The van der Waals surface area contributed by atoms with Gasteiger partial charge in [-0.15, -0.1) is 0 Å². The number of nitrogens with zero attached hydrogens (tertiary/aromatic N) is 1. The lowest BCUT2D eigenvalue weighted by Crippen LogP contribution is -2.49. The summed E-state index contributed by atoms with van der Waals surface area (Å²) in [7, 11) is 0. The van der Waals surface area contributed by atoms with Crippen LogP contribution >= 0.6 is 0 Å². The Kier molecular flexibility index (Phi) is 8.76. The van der Waals surface area contributed by atoms with Gasteiger partial charge in [-0.25, -0.2) is 4.39 Å². The van der Waals surface area contributed by atoms with Crippen molar-refractivity contribution in [3.8, 4) is 0 Å². The third-order valence-corrected chi connectivity index (χ3v) is 5.79. The van der Waals surface area contributed by atoms with Crippen LogP contribution in [0.25, 0.3) is 0 Å². The minimum absolute atomic E-state index is 0.116. The summed E-state index contributed by atoms with van der Waals surface area (Å²) in [6, 6.07) is 25.3. The minimum Gasteiger partial charge on any atom is -0.355 e. The highest BCUT2D eigenvalue weighted by molar-refractivity contribution is 5.88. The monoisotopic (exact) mass is 446 g/mol. The van der Waals surface area contributed by atoms with Crippen LogP contribution in [-0.4, -0.2) is 29.3 Å². The summed E-state index contributed by atoms with van der Waals surface area (Å²) in [4.78, 5) is 28.2. The Hall–Kier alpha value is -3.47. The van der Waals surface area contributed by atoms with E-state index < -0.39 is 6.04 Å². The number of amides is 2. The van der Waals surface area contributed by atoms with Crippen molar-refractivity contribution in [2.45, 2.75) is 45.2 Å². The smallest absolute Gasteiger partial charge is 0.242 e. The van der Waals surface area contributed by atoms with Gasteiger partial charge in [0.1, 0.15) is 11.9 Å². The number of rotatable bonds is 10. The number of carbonyl (C=O) groups excluding carboxylic acids is 2. The molecule has 3 rings (SSSR count). The van der Waals surface area contributed by atoms with Crippen LogP contribution in [0.1, 0.15) is 49.3 Å². The molecule has 0 aromatic heterocycles. The van der Waals surface area contributed by atoms with E-state index in [9.17, 15) is 14.0 Å². The van der Waals surface area contributed by atoms with Crippen LogP contribution in [0.5, 0.6) is 0 Å². The molecule has 2 amide bonds. The number of likely N-dealkylation sites (N-methyl/N-ethyl adjacent to an activating group) is 1. The van der Waals surface area contributed by atoms with Gasteiger partial charge in [-0.3, -0.25) is 9.59 Å². The fourth-order valence-electron chi connectivity index (χ4n) is 4.09. The van der Waals surface area contributed by atoms with Crippen LogP contribution in [-0.2, 0) is 16.1 Å². The molecule has 0 saturated heterocycles. The number of benzene rings is 3. The first-order valence-corrected chi connectivity index (χ1v) is 11.4. The van der Waals surface area contributed by atoms with E-state index in [-0.39, 0.29) is 36.5 Å². The van der Waals surface area contributed by atoms with Crippen LogP contribution in [0, 0.1) is 5.82 Å². The molecule has 4 nitrogen and oxygen atoms in total. The number of halogens is 1. The lowest BCUT2D eigenvalue weighted by molar-refractivity contribution is -0.141. The molecule has 0 fully saturated rings. The van der Waals surface area contributed by atoms with E-state index in [1.807, 2.05) is 74.5 Å². The fraction of sp³-hybridized carbons (Fsp3) is 0.286. The molecule has 0 saturated carbocycles. The van der Waals surface area contributed by atoms with Crippen molar-refractivity contribution in [2.75, 3.05) is 6.54 Å². The maximum absolute atomic E-state index is 13.8. The summed E-state index contributed by atoms with van der Waals surface area (Å²) in [6.45, 7) is 4.49. The molecule has 3 aromatic rings. The average Bonchev–Trinajstić information content (AvgIpc) is 2.84. The molecular formula is C28H31FN2O2. The SMILES string of the molecule is CCNC(=O)[C@@H](CC)N(Cc1ccc(F)cc1)C(=O)CC(c1ccccc1)c1ccccc1. The first kappa shape index (κ1) is 24.2. The van der Waals surface area contributed by atoms with Crippen molar-refractivity contribution in [2.24, 2.45) is 0 Å². The second kappa shape index (κ2) is 12.0. The number of hydrogen-bond acceptors (Lipinski definition) is 2. The molecule has 1 N–H and O–H groups in total. The quantitative estimate of drug-likeness (QED) is 0.460. The molecule has 1 atom stereocenters. The predicted molar refractivity (Wildman–Crippen MR) is 129 cm³/mol. The standard InChI is InChI=1S/C28H31FN2O2/c1-3-26(28(33)30-4-2)31(20-21-15-17-24(29)18-16-21)27(32)19-25(22-11-7-5-8-12-22)23-13-9-6-10-14-23/h5-18,25-26H,3-4,19-20H2,1-2H3,(H,30,33)/t26-/m1/s1. The highest BCUT2D eigenvalue weighted by Gasteiger charge is 2.30. The molecule has 5 heteroatoms. The zero-order chi connectivity index (χ0) is 23.6. The van der Waals surface area contributed by atoms with Gasteiger partial charge in [0, 0.05) is 25.4 Å². The van der Waals surface area contributed by atoms with Gasteiger partial charge >= 0.3 is 0 Å². The highest BCUT2D eigenvalue weighted by atomic mass is 19.1. The summed E-state index contributed by atoms with van der Waals surface area (Å²) >= 11 is 0. The van der Waals surface area contributed by atoms with E-state index in [4.69, 9.17) is 0 Å². The van der Waals surface area contributed by atoms with Crippen molar-refractivity contribution in [1.29, 1.82) is 0 Å². The highest BCUT2D eigenvalue weighted by Crippen LogP contribution is 2.29. The van der Waals surface area contributed by atoms with Crippen LogP contribution in [0.2, 0.25) is 0 Å². The molecule has 0 heterocycles. The van der Waals surface area contributed by atoms with Crippen LogP contribution < -0.4 is 5.32 Å². The molecule has 0 aliphatic rings. The largest absolute Gasteiger partial charge is 0.355 e. The summed E-state index contributed by atoms with van der Waals surface area (Å²) in [5, 5.41) is 2.85. The van der Waals surface area contributed by atoms with Gasteiger partial charge in [0.15, 0.2) is 0 Å². The van der Waals surface area contributed by atoms with Crippen LogP contribution in [0.3, 0.4) is 0 Å². The molecule has 0 bridgehead atoms. The van der Waals surface area contributed by atoms with Crippen LogP contribution in [0.4, 0.5) is 4.39 Å². The van der Waals surface area contributed by atoms with Gasteiger partial charge in [0.05, 0.1) is 0 Å². The molecule has 172 valence electrons. The van der Waals surface area contributed by atoms with Gasteiger partial charge in [-0.1, -0.05) is 79.7 Å². The van der Waals surface area contributed by atoms with Gasteiger partial charge in [-0.05, 0) is 42.2 Å². The van der Waals surface area contributed by atoms with E-state index in [0.29, 0.717) is 13.0 Å². The second-order valence-electron chi connectivity index (χ2n) is 8.04. The van der Waals surface area contributed by atoms with E-state index in [1.54, 1.807) is 17.0 Å². The maximum Gasteiger partial charge on any atom is 0.242 e. The summed E-state index contributed by atoms with van der Waals surface area (Å²) in [5.74, 6) is -0.760. The van der Waals surface area contributed by atoms with Gasteiger partial charge in [-0.2, -0.15) is 0 Å². The Balaban J connectivity index is 1.94. The maximum atomic E-state index is 13.8. The van der Waals surface area contributed by atoms with Crippen molar-refractivity contribution in [3.63, 3.8) is 0 Å². The Morgan fingerprint density at radius 1 is 0.848 bits per heavy atom. The third kappa shape index (κ3) is 6.51. The van der Waals surface area contributed by atoms with Crippen LogP contribution in [0.15, 0.2) is 84.9 Å². The first-order chi connectivity index (χ1) is 16.0.